The number of amides is 2. The number of hydrogen-bond donors (Lipinski definition) is 1. The summed E-state index contributed by atoms with van der Waals surface area (Å²) in [5.74, 6) is 0.568. The second-order valence-electron chi connectivity index (χ2n) is 10.2. The van der Waals surface area contributed by atoms with Crippen LogP contribution in [0.3, 0.4) is 0 Å². The van der Waals surface area contributed by atoms with E-state index in [1.165, 1.54) is 6.42 Å². The van der Waals surface area contributed by atoms with E-state index in [4.69, 9.17) is 9.47 Å². The summed E-state index contributed by atoms with van der Waals surface area (Å²) in [5, 5.41) is 7.77. The highest BCUT2D eigenvalue weighted by atomic mass is 16.6. The van der Waals surface area contributed by atoms with Gasteiger partial charge in [0.1, 0.15) is 12.6 Å². The molecule has 1 saturated carbocycles. The van der Waals surface area contributed by atoms with E-state index in [2.05, 4.69) is 17.3 Å². The van der Waals surface area contributed by atoms with Gasteiger partial charge >= 0.3 is 0 Å². The summed E-state index contributed by atoms with van der Waals surface area (Å²) in [4.78, 5) is 30.0. The van der Waals surface area contributed by atoms with Crippen molar-refractivity contribution < 1.29 is 19.1 Å². The number of nitrogens with zero attached hydrogens (tertiary/aromatic N) is 3. The maximum atomic E-state index is 14.3. The largest absolute Gasteiger partial charge is 0.485 e. The average molecular weight is 517 g/mol. The molecule has 0 saturated heterocycles. The number of carbonyl (C=O) groups excluding carboxylic acids is 2. The van der Waals surface area contributed by atoms with Crippen molar-refractivity contribution in [2.45, 2.75) is 70.6 Å². The summed E-state index contributed by atoms with van der Waals surface area (Å²) in [6, 6.07) is 14.3. The third-order valence-electron chi connectivity index (χ3n) is 7.45. The van der Waals surface area contributed by atoms with Gasteiger partial charge in [0, 0.05) is 30.5 Å². The summed E-state index contributed by atoms with van der Waals surface area (Å²) in [7, 11) is 1.82. The van der Waals surface area contributed by atoms with E-state index in [1.54, 1.807) is 15.6 Å². The van der Waals surface area contributed by atoms with E-state index >= 15 is 0 Å². The highest BCUT2D eigenvalue weighted by Gasteiger charge is 2.41. The summed E-state index contributed by atoms with van der Waals surface area (Å²) < 4.78 is 13.7. The lowest BCUT2D eigenvalue weighted by molar-refractivity contribution is -0.132. The van der Waals surface area contributed by atoms with Gasteiger partial charge < -0.3 is 14.8 Å². The Kier molecular flexibility index (Phi) is 7.67. The number of nitrogens with one attached hydrogen (secondary N) is 1. The first-order chi connectivity index (χ1) is 18.4. The highest BCUT2D eigenvalue weighted by Crippen LogP contribution is 2.35. The number of benzene rings is 2. The van der Waals surface area contributed by atoms with Gasteiger partial charge in [-0.25, -0.2) is 0 Å². The van der Waals surface area contributed by atoms with Crippen LogP contribution in [0.1, 0.15) is 61.9 Å². The van der Waals surface area contributed by atoms with Crippen LogP contribution in [0.15, 0.2) is 54.7 Å². The van der Waals surface area contributed by atoms with Gasteiger partial charge in [0.05, 0.1) is 5.69 Å². The van der Waals surface area contributed by atoms with Gasteiger partial charge in [0.25, 0.3) is 5.91 Å². The van der Waals surface area contributed by atoms with Crippen LogP contribution >= 0.6 is 0 Å². The minimum Gasteiger partial charge on any atom is -0.485 e. The molecule has 8 nitrogen and oxygen atoms in total. The van der Waals surface area contributed by atoms with E-state index in [0.29, 0.717) is 28.4 Å². The molecule has 200 valence electrons. The lowest BCUT2D eigenvalue weighted by Gasteiger charge is -2.36. The molecule has 8 heteroatoms. The van der Waals surface area contributed by atoms with E-state index in [0.717, 1.165) is 37.7 Å². The molecule has 0 bridgehead atoms. The Hall–Kier alpha value is -3.81. The molecule has 1 aliphatic heterocycles. The Morgan fingerprint density at radius 3 is 2.45 bits per heavy atom. The standard InChI is InChI=1S/C30H36N4O4/c1-4-21-14-16-23(17-15-21)34(30(36)27-19-37-25-12-8-9-13-26(25)38-27)28(24-18-33(3)32-20(24)2)29(35)31-22-10-6-5-7-11-22/h8-9,12-18,22,27-28H,4-7,10-11,19H2,1-3H3,(H,31,35)/t27-,28+/m0/s1. The zero-order valence-corrected chi connectivity index (χ0v) is 22.4. The van der Waals surface area contributed by atoms with Crippen LogP contribution in [0.2, 0.25) is 0 Å². The van der Waals surface area contributed by atoms with E-state index in [9.17, 15) is 9.59 Å². The van der Waals surface area contributed by atoms with Crippen LogP contribution in [0.25, 0.3) is 0 Å². The van der Waals surface area contributed by atoms with Gasteiger partial charge in [-0.05, 0) is 56.0 Å². The van der Waals surface area contributed by atoms with Gasteiger partial charge in [-0.2, -0.15) is 5.10 Å². The van der Waals surface area contributed by atoms with Crippen LogP contribution < -0.4 is 19.7 Å². The third-order valence-corrected chi connectivity index (χ3v) is 7.45. The Morgan fingerprint density at radius 1 is 1.08 bits per heavy atom. The van der Waals surface area contributed by atoms with E-state index in [-0.39, 0.29) is 24.5 Å². The zero-order chi connectivity index (χ0) is 26.6. The van der Waals surface area contributed by atoms with Crippen molar-refractivity contribution in [3.8, 4) is 11.5 Å². The molecule has 3 aromatic rings. The lowest BCUT2D eigenvalue weighted by atomic mass is 9.94. The van der Waals surface area contributed by atoms with Crippen LogP contribution in [-0.4, -0.2) is 40.3 Å². The summed E-state index contributed by atoms with van der Waals surface area (Å²) in [6.07, 6.45) is 7.06. The van der Waals surface area contributed by atoms with Crippen molar-refractivity contribution in [2.24, 2.45) is 7.05 Å². The second-order valence-corrected chi connectivity index (χ2v) is 10.2. The van der Waals surface area contributed by atoms with Crippen LogP contribution in [0.4, 0.5) is 5.69 Å². The molecule has 2 atom stereocenters. The van der Waals surface area contributed by atoms with Gasteiger partial charge in [0.2, 0.25) is 12.0 Å². The molecule has 0 unspecified atom stereocenters. The Labute approximate surface area is 223 Å². The first kappa shape index (κ1) is 25.8. The third kappa shape index (κ3) is 5.39. The fourth-order valence-electron chi connectivity index (χ4n) is 5.40. The first-order valence-electron chi connectivity index (χ1n) is 13.6. The highest BCUT2D eigenvalue weighted by molar-refractivity contribution is 6.03. The molecule has 5 rings (SSSR count). The molecular formula is C30H36N4O4. The normalized spacial score (nSPS) is 18.0. The summed E-state index contributed by atoms with van der Waals surface area (Å²) >= 11 is 0. The smallest absolute Gasteiger partial charge is 0.272 e. The predicted octanol–water partition coefficient (Wildman–Crippen LogP) is 4.65. The molecule has 2 aromatic carbocycles. The topological polar surface area (TPSA) is 85.7 Å². The Morgan fingerprint density at radius 2 is 1.79 bits per heavy atom. The minimum atomic E-state index is -0.911. The molecule has 1 fully saturated rings. The van der Waals surface area contributed by atoms with Crippen LogP contribution in [0.5, 0.6) is 11.5 Å². The lowest BCUT2D eigenvalue weighted by Crippen LogP contribution is -2.52. The number of fused-ring (bicyclic) bond motifs is 1. The molecular weight excluding hydrogens is 480 g/mol. The second kappa shape index (κ2) is 11.3. The van der Waals surface area contributed by atoms with E-state index < -0.39 is 12.1 Å². The van der Waals surface area contributed by atoms with Crippen molar-refractivity contribution in [1.29, 1.82) is 0 Å². The fraction of sp³-hybridized carbons (Fsp3) is 0.433. The van der Waals surface area contributed by atoms with Crippen molar-refractivity contribution in [3.05, 3.63) is 71.5 Å². The predicted molar refractivity (Wildman–Crippen MR) is 145 cm³/mol. The maximum Gasteiger partial charge on any atom is 0.272 e. The minimum absolute atomic E-state index is 0.0579. The zero-order valence-electron chi connectivity index (χ0n) is 22.4. The number of carbonyl (C=O) groups is 2. The molecule has 1 N–H and O–H groups in total. The number of para-hydroxylation sites is 2. The van der Waals surface area contributed by atoms with Crippen LogP contribution in [-0.2, 0) is 23.1 Å². The summed E-state index contributed by atoms with van der Waals surface area (Å²) in [5.41, 5.74) is 3.16. The molecule has 1 aromatic heterocycles. The number of hydrogen-bond acceptors (Lipinski definition) is 5. The fourth-order valence-corrected chi connectivity index (χ4v) is 5.40. The van der Waals surface area contributed by atoms with Gasteiger partial charge in [-0.15, -0.1) is 0 Å². The quantitative estimate of drug-likeness (QED) is 0.494. The number of rotatable bonds is 7. The molecule has 1 aliphatic carbocycles. The number of aryl methyl sites for hydroxylation is 3. The number of ether oxygens (including phenoxy) is 2. The summed E-state index contributed by atoms with van der Waals surface area (Å²) in [6.45, 7) is 4.01. The molecule has 0 radical (unpaired) electrons. The van der Waals surface area contributed by atoms with Gasteiger partial charge in [-0.1, -0.05) is 50.5 Å². The molecule has 2 aliphatic rings. The maximum absolute atomic E-state index is 14.3. The Balaban J connectivity index is 1.56. The van der Waals surface area contributed by atoms with Gasteiger partial charge in [0.15, 0.2) is 11.5 Å². The SMILES string of the molecule is CCc1ccc(N(C(=O)[C@@H]2COc3ccccc3O2)[C@@H](C(=O)NC2CCCCC2)c2cn(C)nc2C)cc1. The molecule has 2 heterocycles. The molecule has 38 heavy (non-hydrogen) atoms. The number of aromatic nitrogens is 2. The van der Waals surface area contributed by atoms with Crippen LogP contribution in [0, 0.1) is 6.92 Å². The average Bonchev–Trinajstić information content (AvgIpc) is 3.28. The van der Waals surface area contributed by atoms with Gasteiger partial charge in [-0.3, -0.25) is 19.2 Å². The van der Waals surface area contributed by atoms with Crippen molar-refractivity contribution in [1.82, 2.24) is 15.1 Å². The van der Waals surface area contributed by atoms with Crippen molar-refractivity contribution >= 4 is 17.5 Å². The Bertz CT molecular complexity index is 1280. The van der Waals surface area contributed by atoms with Crippen molar-refractivity contribution in [3.63, 3.8) is 0 Å². The molecule has 2 amide bonds. The van der Waals surface area contributed by atoms with Crippen molar-refractivity contribution in [2.75, 3.05) is 11.5 Å². The monoisotopic (exact) mass is 516 g/mol. The number of anilines is 1. The van der Waals surface area contributed by atoms with E-state index in [1.807, 2.05) is 62.6 Å². The first-order valence-corrected chi connectivity index (χ1v) is 13.6. The molecule has 0 spiro atoms.